The van der Waals surface area contributed by atoms with Gasteiger partial charge in [0.15, 0.2) is 5.60 Å². The van der Waals surface area contributed by atoms with Gasteiger partial charge in [-0.1, -0.05) is 30.3 Å². The number of benzene rings is 1. The molecule has 1 aromatic carbocycles. The molecule has 11 nitrogen and oxygen atoms in total. The minimum Gasteiger partial charge on any atom is -0.433 e. The van der Waals surface area contributed by atoms with Gasteiger partial charge in [-0.05, 0) is 77.3 Å². The molecule has 2 atom stereocenters. The van der Waals surface area contributed by atoms with E-state index >= 15 is 0 Å². The molecule has 0 unspecified atom stereocenters. The molecular weight excluding hydrogens is 614 g/mol. The molecule has 1 N–H and O–H groups in total. The third-order valence-electron chi connectivity index (χ3n) is 7.76. The SMILES string of the molecule is Cc1csc([C@H]2CCCN2C(=O)c2cc(-c3ccncc3)nc(-c3nnc([C@@](C)(Cc4ccccc4)OC(=O)NC(C)(C)C)o3)c2)n1. The highest BCUT2D eigenvalue weighted by Crippen LogP contribution is 2.36. The van der Waals surface area contributed by atoms with Gasteiger partial charge in [-0.2, -0.15) is 0 Å². The van der Waals surface area contributed by atoms with E-state index in [1.54, 1.807) is 42.8 Å². The number of aromatic nitrogens is 5. The number of nitrogens with zero attached hydrogens (tertiary/aromatic N) is 6. The van der Waals surface area contributed by atoms with Crippen molar-refractivity contribution < 1.29 is 18.7 Å². The predicted octanol–water partition coefficient (Wildman–Crippen LogP) is 6.92. The molecule has 1 aliphatic heterocycles. The molecule has 12 heteroatoms. The lowest BCUT2D eigenvalue weighted by molar-refractivity contribution is -0.00123. The van der Waals surface area contributed by atoms with Gasteiger partial charge in [-0.3, -0.25) is 9.78 Å². The van der Waals surface area contributed by atoms with E-state index in [-0.39, 0.29) is 30.2 Å². The molecule has 0 bridgehead atoms. The minimum absolute atomic E-state index is 0.0905. The molecule has 2 amide bonds. The van der Waals surface area contributed by atoms with Crippen LogP contribution in [0.2, 0.25) is 0 Å². The van der Waals surface area contributed by atoms with Crippen LogP contribution in [0.5, 0.6) is 0 Å². The zero-order chi connectivity index (χ0) is 33.2. The van der Waals surface area contributed by atoms with E-state index in [1.165, 1.54) is 0 Å². The van der Waals surface area contributed by atoms with Crippen LogP contribution in [0.3, 0.4) is 0 Å². The number of carbonyl (C=O) groups is 2. The average molecular weight is 652 g/mol. The maximum absolute atomic E-state index is 14.1. The summed E-state index contributed by atoms with van der Waals surface area (Å²) in [6.45, 7) is 9.94. The van der Waals surface area contributed by atoms with E-state index in [0.29, 0.717) is 23.5 Å². The summed E-state index contributed by atoms with van der Waals surface area (Å²) in [5, 5.41) is 14.5. The van der Waals surface area contributed by atoms with Crippen molar-refractivity contribution in [1.29, 1.82) is 0 Å². The zero-order valence-electron chi connectivity index (χ0n) is 27.1. The fourth-order valence-electron chi connectivity index (χ4n) is 5.61. The Bertz CT molecular complexity index is 1870. The third kappa shape index (κ3) is 7.38. The summed E-state index contributed by atoms with van der Waals surface area (Å²) < 4.78 is 12.2. The molecule has 4 aromatic heterocycles. The first-order valence-electron chi connectivity index (χ1n) is 15.5. The number of thiazole rings is 1. The number of aryl methyl sites for hydroxylation is 1. The van der Waals surface area contributed by atoms with Crippen LogP contribution in [-0.4, -0.2) is 54.1 Å². The van der Waals surface area contributed by atoms with Crippen LogP contribution in [0.25, 0.3) is 22.8 Å². The number of likely N-dealkylation sites (tertiary alicyclic amines) is 1. The summed E-state index contributed by atoms with van der Waals surface area (Å²) in [5.41, 5.74) is 2.14. The Morgan fingerprint density at radius 1 is 1.02 bits per heavy atom. The second-order valence-corrected chi connectivity index (χ2v) is 13.8. The molecule has 6 rings (SSSR count). The Hall–Kier alpha value is -4.97. The minimum atomic E-state index is -1.31. The maximum atomic E-state index is 14.1. The number of carbonyl (C=O) groups excluding carboxylic acids is 2. The van der Waals surface area contributed by atoms with Crippen molar-refractivity contribution in [3.05, 3.63) is 100 Å². The number of amides is 2. The Balaban J connectivity index is 1.38. The Kier molecular flexibility index (Phi) is 8.87. The van der Waals surface area contributed by atoms with Crippen LogP contribution in [0.15, 0.2) is 76.8 Å². The van der Waals surface area contributed by atoms with Crippen molar-refractivity contribution in [2.24, 2.45) is 0 Å². The highest BCUT2D eigenvalue weighted by molar-refractivity contribution is 7.09. The largest absolute Gasteiger partial charge is 0.433 e. The smallest absolute Gasteiger partial charge is 0.408 e. The fraction of sp³-hybridized carbons (Fsp3) is 0.343. The van der Waals surface area contributed by atoms with Gasteiger partial charge >= 0.3 is 6.09 Å². The van der Waals surface area contributed by atoms with Crippen molar-refractivity contribution in [3.63, 3.8) is 0 Å². The topological polar surface area (TPSA) is 136 Å². The molecule has 47 heavy (non-hydrogen) atoms. The Morgan fingerprint density at radius 2 is 1.77 bits per heavy atom. The van der Waals surface area contributed by atoms with Crippen molar-refractivity contribution in [1.82, 2.24) is 35.4 Å². The standard InChI is InChI=1S/C35H37N7O4S/c1-22-21-47-30(37-22)28-12-9-17-42(28)31(43)25-18-26(24-13-15-36-16-14-24)38-27(19-25)29-40-41-32(45-29)35(5,20-23-10-7-6-8-11-23)46-33(44)39-34(2,3)4/h6-8,10-11,13-16,18-19,21,28H,9,12,17,20H2,1-5H3,(H,39,44)/t28-,35-/m1/s1. The summed E-state index contributed by atoms with van der Waals surface area (Å²) >= 11 is 1.58. The number of ether oxygens (including phenoxy) is 1. The lowest BCUT2D eigenvalue weighted by Gasteiger charge is -2.29. The van der Waals surface area contributed by atoms with Crippen LogP contribution in [0.4, 0.5) is 4.79 Å². The average Bonchev–Trinajstić information content (AvgIpc) is 3.82. The van der Waals surface area contributed by atoms with Gasteiger partial charge in [0, 0.05) is 53.1 Å². The lowest BCUT2D eigenvalue weighted by Crippen LogP contribution is -2.45. The van der Waals surface area contributed by atoms with E-state index < -0.39 is 17.2 Å². The van der Waals surface area contributed by atoms with Crippen LogP contribution < -0.4 is 5.32 Å². The lowest BCUT2D eigenvalue weighted by atomic mass is 9.96. The van der Waals surface area contributed by atoms with Crippen molar-refractivity contribution in [3.8, 4) is 22.8 Å². The molecule has 0 aliphatic carbocycles. The summed E-state index contributed by atoms with van der Waals surface area (Å²) in [6.07, 6.45) is 4.76. The van der Waals surface area contributed by atoms with E-state index in [2.05, 4.69) is 25.5 Å². The highest BCUT2D eigenvalue weighted by Gasteiger charge is 2.39. The van der Waals surface area contributed by atoms with E-state index in [0.717, 1.165) is 34.7 Å². The summed E-state index contributed by atoms with van der Waals surface area (Å²) in [4.78, 5) is 42.7. The van der Waals surface area contributed by atoms with Gasteiger partial charge in [0.2, 0.25) is 0 Å². The first-order valence-corrected chi connectivity index (χ1v) is 16.4. The zero-order valence-corrected chi connectivity index (χ0v) is 27.9. The summed E-state index contributed by atoms with van der Waals surface area (Å²) in [5.74, 6) is 0.0656. The number of pyridine rings is 2. The number of hydrogen-bond acceptors (Lipinski definition) is 10. The molecule has 0 spiro atoms. The number of rotatable bonds is 8. The molecule has 1 aliphatic rings. The molecule has 1 fully saturated rings. The van der Waals surface area contributed by atoms with Gasteiger partial charge in [0.25, 0.3) is 17.7 Å². The first-order chi connectivity index (χ1) is 22.5. The number of hydrogen-bond donors (Lipinski definition) is 1. The second-order valence-electron chi connectivity index (χ2n) is 12.9. The van der Waals surface area contributed by atoms with Gasteiger partial charge in [0.05, 0.1) is 11.7 Å². The molecule has 5 aromatic rings. The van der Waals surface area contributed by atoms with Crippen LogP contribution in [-0.2, 0) is 16.8 Å². The van der Waals surface area contributed by atoms with Crippen molar-refractivity contribution in [2.75, 3.05) is 6.54 Å². The van der Waals surface area contributed by atoms with E-state index in [1.807, 2.05) is 80.4 Å². The molecular formula is C35H37N7O4S. The van der Waals surface area contributed by atoms with Crippen LogP contribution in [0, 0.1) is 6.92 Å². The predicted molar refractivity (Wildman–Crippen MR) is 177 cm³/mol. The Labute approximate surface area is 277 Å². The summed E-state index contributed by atoms with van der Waals surface area (Å²) in [6, 6.07) is 16.6. The summed E-state index contributed by atoms with van der Waals surface area (Å²) in [7, 11) is 0. The van der Waals surface area contributed by atoms with Crippen molar-refractivity contribution in [2.45, 2.75) is 71.1 Å². The van der Waals surface area contributed by atoms with Gasteiger partial charge in [-0.25, -0.2) is 14.8 Å². The van der Waals surface area contributed by atoms with E-state index in [4.69, 9.17) is 14.1 Å². The molecule has 1 saturated heterocycles. The maximum Gasteiger partial charge on any atom is 0.408 e. The first kappa shape index (κ1) is 32.0. The van der Waals surface area contributed by atoms with Gasteiger partial charge in [-0.15, -0.1) is 21.5 Å². The van der Waals surface area contributed by atoms with Crippen LogP contribution in [0.1, 0.15) is 79.1 Å². The van der Waals surface area contributed by atoms with E-state index in [9.17, 15) is 9.59 Å². The molecule has 242 valence electrons. The third-order valence-corrected chi connectivity index (χ3v) is 8.82. The second kappa shape index (κ2) is 13.0. The monoisotopic (exact) mass is 651 g/mol. The van der Waals surface area contributed by atoms with Crippen LogP contribution >= 0.6 is 11.3 Å². The molecule has 5 heterocycles. The number of alkyl carbamates (subject to hydrolysis) is 1. The fourth-order valence-corrected chi connectivity index (χ4v) is 6.55. The Morgan fingerprint density at radius 3 is 2.47 bits per heavy atom. The van der Waals surface area contributed by atoms with Gasteiger partial charge in [0.1, 0.15) is 10.7 Å². The molecule has 0 radical (unpaired) electrons. The van der Waals surface area contributed by atoms with Crippen molar-refractivity contribution >= 4 is 23.3 Å². The molecule has 0 saturated carbocycles. The quantitative estimate of drug-likeness (QED) is 0.190. The number of nitrogens with one attached hydrogen (secondary N) is 1. The normalized spacial score (nSPS) is 16.1. The highest BCUT2D eigenvalue weighted by atomic mass is 32.1. The van der Waals surface area contributed by atoms with Gasteiger partial charge < -0.3 is 19.4 Å².